The van der Waals surface area contributed by atoms with Gasteiger partial charge >= 0.3 is 12.0 Å². The Morgan fingerprint density at radius 3 is 1.90 bits per heavy atom. The van der Waals surface area contributed by atoms with Gasteiger partial charge in [0.1, 0.15) is 52.9 Å². The topological polar surface area (TPSA) is 435 Å². The molecule has 8 amide bonds. The number of aliphatic hydroxyl groups excluding tert-OH is 1. The third-order valence-corrected chi connectivity index (χ3v) is 14.9. The Morgan fingerprint density at radius 2 is 1.25 bits per heavy atom. The van der Waals surface area contributed by atoms with Crippen molar-refractivity contribution in [2.45, 2.75) is 94.6 Å². The largest absolute Gasteiger partial charge is 0.508 e. The molecule has 5 aromatic carbocycles. The lowest BCUT2D eigenvalue weighted by atomic mass is 9.77. The highest BCUT2D eigenvalue weighted by atomic mass is 32.1. The van der Waals surface area contributed by atoms with Crippen molar-refractivity contribution >= 4 is 76.4 Å². The van der Waals surface area contributed by atoms with Gasteiger partial charge in [0, 0.05) is 66.6 Å². The molecule has 2 aliphatic rings. The lowest BCUT2D eigenvalue weighted by Crippen LogP contribution is -2.59. The number of primary amides is 1. The van der Waals surface area contributed by atoms with E-state index >= 15 is 0 Å². The van der Waals surface area contributed by atoms with Gasteiger partial charge in [-0.25, -0.2) is 9.59 Å². The number of nitrogens with one attached hydrogen (secondary N) is 9. The average Bonchev–Trinajstić information content (AvgIpc) is 1.63. The van der Waals surface area contributed by atoms with Crippen LogP contribution >= 0.6 is 12.2 Å². The maximum atomic E-state index is 14.0. The monoisotopic (exact) mass is 1240 g/mol. The van der Waals surface area contributed by atoms with Gasteiger partial charge in [-0.2, -0.15) is 0 Å². The molecule has 6 atom stereocenters. The highest BCUT2D eigenvalue weighted by Gasteiger charge is 2.54. The maximum absolute atomic E-state index is 14.0. The highest BCUT2D eigenvalue weighted by Crippen LogP contribution is 2.57. The molecular weight excluding hydrogens is 1170 g/mol. The summed E-state index contributed by atoms with van der Waals surface area (Å²) in [5.41, 5.74) is 18.4. The van der Waals surface area contributed by atoms with E-state index in [9.17, 15) is 58.8 Å². The Balaban J connectivity index is 0.955. The molecule has 27 nitrogen and oxygen atoms in total. The van der Waals surface area contributed by atoms with E-state index in [2.05, 4.69) is 52.8 Å². The minimum atomic E-state index is -1.70. The zero-order valence-corrected chi connectivity index (χ0v) is 49.6. The van der Waals surface area contributed by atoms with Crippen LogP contribution < -0.4 is 69.8 Å². The molecule has 5 aromatic rings. The normalized spacial score (nSPS) is 14.3. The number of carbonyl (C=O) groups is 8. The quantitative estimate of drug-likeness (QED) is 0.0105. The number of anilines is 1. The smallest absolute Gasteiger partial charge is 0.340 e. The summed E-state index contributed by atoms with van der Waals surface area (Å²) in [5.74, 6) is -5.98. The summed E-state index contributed by atoms with van der Waals surface area (Å²) in [6, 6.07) is 22.8. The van der Waals surface area contributed by atoms with E-state index in [-0.39, 0.29) is 103 Å². The molecule has 2 aliphatic heterocycles. The minimum absolute atomic E-state index is 0.0298. The number of phenols is 3. The number of benzene rings is 5. The fourth-order valence-corrected chi connectivity index (χ4v) is 10.4. The first-order valence-electron chi connectivity index (χ1n) is 28.6. The van der Waals surface area contributed by atoms with Crippen LogP contribution in [0.4, 0.5) is 10.5 Å². The number of carbonyl (C=O) groups excluding carboxylic acids is 8. The van der Waals surface area contributed by atoms with Crippen LogP contribution in [0.25, 0.3) is 0 Å². The number of hydrogen-bond donors (Lipinski definition) is 16. The number of aromatic hydroxyl groups is 3. The first kappa shape index (κ1) is 66.3. The van der Waals surface area contributed by atoms with Gasteiger partial charge in [0.15, 0.2) is 16.7 Å². The predicted molar refractivity (Wildman–Crippen MR) is 330 cm³/mol. The van der Waals surface area contributed by atoms with Crippen LogP contribution in [0, 0.1) is 5.92 Å². The van der Waals surface area contributed by atoms with Crippen molar-refractivity contribution in [3.8, 4) is 28.7 Å². The van der Waals surface area contributed by atoms with Crippen LogP contribution in [0.3, 0.4) is 0 Å². The van der Waals surface area contributed by atoms with E-state index in [1.807, 2.05) is 30.3 Å². The number of fused-ring (bicyclic) bond motifs is 6. The van der Waals surface area contributed by atoms with Crippen molar-refractivity contribution in [2.75, 3.05) is 38.1 Å². The van der Waals surface area contributed by atoms with Gasteiger partial charge in [0.25, 0.3) is 0 Å². The number of urea groups is 1. The van der Waals surface area contributed by atoms with Crippen LogP contribution in [0.1, 0.15) is 84.1 Å². The number of rotatable bonds is 29. The minimum Gasteiger partial charge on any atom is -0.508 e. The third kappa shape index (κ3) is 18.2. The Morgan fingerprint density at radius 1 is 0.629 bits per heavy atom. The molecule has 89 heavy (non-hydrogen) atoms. The van der Waals surface area contributed by atoms with Gasteiger partial charge in [0.05, 0.1) is 18.7 Å². The van der Waals surface area contributed by atoms with Crippen molar-refractivity contribution in [3.63, 3.8) is 0 Å². The number of ether oxygens (including phenoxy) is 2. The van der Waals surface area contributed by atoms with Crippen LogP contribution in [-0.2, 0) is 51.9 Å². The number of thiocarbonyl (C=S) groups is 1. The van der Waals surface area contributed by atoms with Crippen LogP contribution in [0.15, 0.2) is 114 Å². The molecule has 0 bridgehead atoms. The van der Waals surface area contributed by atoms with E-state index in [0.717, 1.165) is 11.1 Å². The lowest BCUT2D eigenvalue weighted by molar-refractivity contribution is -0.135. The molecule has 0 aliphatic carbocycles. The molecule has 19 N–H and O–H groups in total. The Hall–Kier alpha value is -10.2. The van der Waals surface area contributed by atoms with Crippen molar-refractivity contribution in [3.05, 3.63) is 143 Å². The van der Waals surface area contributed by atoms with Gasteiger partial charge in [0.2, 0.25) is 35.4 Å². The van der Waals surface area contributed by atoms with Crippen molar-refractivity contribution in [2.24, 2.45) is 28.1 Å². The number of guanidine groups is 1. The number of phenolic OH excluding ortho intramolecular Hbond substituents is 3. The standard InChI is InChI=1S/C61H73N13O14S/c1-33(22-25-66-59(64)86)52(56(84)68-31-51(80)72-46(21-12-35-7-4-3-5-8-35)53(81)69-34(2)27-36-10-14-38(76)15-11-36)74-55(83)47(32-75)73-54(82)45(9-6-24-65-58(62)63)71-50(79)23-26-67-60(89)70-37-13-18-42-41(28-37)57(85)88-61(42)43-19-16-39(77)29-48(43)87-49-30-40(78)17-20-44(49)61/h3-5,7-8,10-11,13-20,28-30,33-34,45-47,52,75-78H,6,9,12,21-27,31-32H2,1-2H3,(H,68,84)(H,69,81)(H,71,79)(H,72,80)(H,73,82)(H,74,83)(H4,62,63,65)(H3,64,66,86)(H2,67,70,89)/t33-,34+,45-,46-,47-,52-/m0/s1. The van der Waals surface area contributed by atoms with E-state index in [1.165, 1.54) is 42.5 Å². The Labute approximate surface area is 517 Å². The molecule has 0 aromatic heterocycles. The number of aliphatic hydroxyl groups is 1. The van der Waals surface area contributed by atoms with E-state index in [4.69, 9.17) is 38.9 Å². The number of esters is 1. The fourth-order valence-electron chi connectivity index (χ4n) is 10.2. The first-order chi connectivity index (χ1) is 42.5. The number of aliphatic imine (C=N–C) groups is 1. The van der Waals surface area contributed by atoms with Gasteiger partial charge in [-0.05, 0) is 123 Å². The van der Waals surface area contributed by atoms with Gasteiger partial charge < -0.3 is 95.0 Å². The van der Waals surface area contributed by atoms with E-state index in [1.54, 1.807) is 50.2 Å². The molecule has 2 heterocycles. The molecule has 0 saturated heterocycles. The highest BCUT2D eigenvalue weighted by molar-refractivity contribution is 7.80. The Kier molecular flexibility index (Phi) is 23.0. The van der Waals surface area contributed by atoms with Crippen LogP contribution in [0.5, 0.6) is 28.7 Å². The second-order valence-electron chi connectivity index (χ2n) is 21.4. The maximum Gasteiger partial charge on any atom is 0.340 e. The summed E-state index contributed by atoms with van der Waals surface area (Å²) in [6.07, 6.45) is 0.979. The zero-order valence-electron chi connectivity index (χ0n) is 48.8. The molecule has 7 rings (SSSR count). The first-order valence-corrected chi connectivity index (χ1v) is 29.0. The van der Waals surface area contributed by atoms with Gasteiger partial charge in [-0.3, -0.25) is 33.8 Å². The number of nitrogens with two attached hydrogens (primary N) is 3. The molecule has 1 spiro atoms. The summed E-state index contributed by atoms with van der Waals surface area (Å²) in [7, 11) is 0. The predicted octanol–water partition coefficient (Wildman–Crippen LogP) is 1.22. The van der Waals surface area contributed by atoms with Crippen LogP contribution in [-0.4, -0.2) is 142 Å². The van der Waals surface area contributed by atoms with Crippen molar-refractivity contribution in [1.29, 1.82) is 0 Å². The summed E-state index contributed by atoms with van der Waals surface area (Å²) in [4.78, 5) is 112. The molecular formula is C61H73N13O14S. The van der Waals surface area contributed by atoms with Gasteiger partial charge in [-0.1, -0.05) is 55.5 Å². The summed E-state index contributed by atoms with van der Waals surface area (Å²) >= 11 is 5.52. The molecule has 28 heteroatoms. The molecule has 0 saturated carbocycles. The van der Waals surface area contributed by atoms with Crippen LogP contribution in [0.2, 0.25) is 0 Å². The number of hydrogen-bond acceptors (Lipinski definition) is 16. The SMILES string of the molecule is C[C@H](Cc1ccc(O)cc1)NC(=O)[C@H](CCc1ccccc1)NC(=O)CNC(=O)[C@@H](NC(=O)[C@H](CO)NC(=O)[C@H](CCCN=C(N)N)NC(=O)CCNC(=S)Nc1ccc2c(c1)C(=O)OC21c2ccc(O)cc2Oc2cc(O)ccc21)[C@@H](C)CCNC(N)=O. The van der Waals surface area contributed by atoms with Crippen molar-refractivity contribution < 1.29 is 68.3 Å². The summed E-state index contributed by atoms with van der Waals surface area (Å²) < 4.78 is 12.2. The molecule has 0 fully saturated rings. The third-order valence-electron chi connectivity index (χ3n) is 14.6. The molecule has 0 radical (unpaired) electrons. The summed E-state index contributed by atoms with van der Waals surface area (Å²) in [6.45, 7) is 1.70. The number of amides is 8. The Bertz CT molecular complexity index is 3390. The zero-order chi connectivity index (χ0) is 64.4. The number of nitrogens with zero attached hydrogens (tertiary/aromatic N) is 1. The molecule has 0 unspecified atom stereocenters. The van der Waals surface area contributed by atoms with E-state index < -0.39 is 96.3 Å². The second kappa shape index (κ2) is 30.9. The fraction of sp³-hybridized carbons (Fsp3) is 0.344. The van der Waals surface area contributed by atoms with Gasteiger partial charge in [-0.15, -0.1) is 0 Å². The second-order valence-corrected chi connectivity index (χ2v) is 21.8. The molecule has 472 valence electrons. The summed E-state index contributed by atoms with van der Waals surface area (Å²) in [5, 5.41) is 64.8. The van der Waals surface area contributed by atoms with E-state index in [0.29, 0.717) is 35.2 Å². The van der Waals surface area contributed by atoms with Crippen molar-refractivity contribution in [1.82, 2.24) is 42.5 Å². The lowest BCUT2D eigenvalue weighted by Gasteiger charge is -2.36. The number of aryl methyl sites for hydroxylation is 1. The average molecular weight is 1240 g/mol.